The highest BCUT2D eigenvalue weighted by Gasteiger charge is 2.11. The van der Waals surface area contributed by atoms with Crippen molar-refractivity contribution in [3.63, 3.8) is 0 Å². The molecule has 18 heavy (non-hydrogen) atoms. The molecule has 1 rings (SSSR count). The number of ether oxygens (including phenoxy) is 1. The van der Waals surface area contributed by atoms with Gasteiger partial charge in [-0.3, -0.25) is 9.00 Å². The largest absolute Gasteiger partial charge is 0.396 e. The van der Waals surface area contributed by atoms with E-state index < -0.39 is 16.6 Å². The number of methoxy groups -OCH3 is 1. The second-order valence-electron chi connectivity index (χ2n) is 3.52. The number of nitrogens with one attached hydrogen (secondary N) is 1. The molecule has 0 heterocycles. The van der Waals surface area contributed by atoms with Crippen molar-refractivity contribution in [2.75, 3.05) is 31.7 Å². The fourth-order valence-electron chi connectivity index (χ4n) is 1.20. The molecule has 0 spiro atoms. The number of nitrogens with two attached hydrogens (primary N) is 1. The number of amides is 1. The molecule has 1 amide bonds. The Bertz CT molecular complexity index is 454. The van der Waals surface area contributed by atoms with Gasteiger partial charge in [-0.2, -0.15) is 0 Å². The molecule has 0 aliphatic rings. The zero-order valence-electron chi connectivity index (χ0n) is 9.94. The predicted octanol–water partition coefficient (Wildman–Crippen LogP) is 0.278. The van der Waals surface area contributed by atoms with Crippen LogP contribution in [0.4, 0.5) is 10.1 Å². The van der Waals surface area contributed by atoms with Crippen LogP contribution in [-0.2, 0) is 20.3 Å². The smallest absolute Gasteiger partial charge is 0.233 e. The number of rotatable bonds is 6. The van der Waals surface area contributed by atoms with E-state index in [1.165, 1.54) is 19.2 Å². The van der Waals surface area contributed by atoms with Crippen molar-refractivity contribution < 1.29 is 18.1 Å². The van der Waals surface area contributed by atoms with E-state index in [1.54, 1.807) is 0 Å². The maximum absolute atomic E-state index is 13.1. The first-order valence-corrected chi connectivity index (χ1v) is 6.55. The Hall–Kier alpha value is -1.47. The standard InChI is InChI=1S/C11H15FN2O3S/c1-17-5-4-14-11(15)7-18(16)8-2-3-10(13)9(12)6-8/h2-3,6H,4-5,7,13H2,1H3,(H,14,15). The molecule has 0 aliphatic heterocycles. The van der Waals surface area contributed by atoms with Crippen molar-refractivity contribution in [2.24, 2.45) is 0 Å². The van der Waals surface area contributed by atoms with Crippen LogP contribution in [0.15, 0.2) is 23.1 Å². The Labute approximate surface area is 107 Å². The third kappa shape index (κ3) is 4.42. The average Bonchev–Trinajstić information content (AvgIpc) is 2.33. The van der Waals surface area contributed by atoms with E-state index >= 15 is 0 Å². The molecule has 100 valence electrons. The summed E-state index contributed by atoms with van der Waals surface area (Å²) in [5.74, 6) is -1.23. The summed E-state index contributed by atoms with van der Waals surface area (Å²) >= 11 is 0. The molecule has 1 aromatic carbocycles. The summed E-state index contributed by atoms with van der Waals surface area (Å²) in [6.07, 6.45) is 0. The van der Waals surface area contributed by atoms with Crippen LogP contribution in [0.5, 0.6) is 0 Å². The van der Waals surface area contributed by atoms with Crippen LogP contribution < -0.4 is 11.1 Å². The van der Waals surface area contributed by atoms with Gasteiger partial charge >= 0.3 is 0 Å². The van der Waals surface area contributed by atoms with Crippen LogP contribution in [-0.4, -0.2) is 36.1 Å². The van der Waals surface area contributed by atoms with Crippen molar-refractivity contribution in [3.8, 4) is 0 Å². The summed E-state index contributed by atoms with van der Waals surface area (Å²) in [6, 6.07) is 3.84. The summed E-state index contributed by atoms with van der Waals surface area (Å²) in [6.45, 7) is 0.734. The molecule has 1 unspecified atom stereocenters. The Morgan fingerprint density at radius 3 is 2.89 bits per heavy atom. The molecule has 3 N–H and O–H groups in total. The van der Waals surface area contributed by atoms with E-state index in [0.29, 0.717) is 13.2 Å². The lowest BCUT2D eigenvalue weighted by Gasteiger charge is -2.05. The van der Waals surface area contributed by atoms with Gasteiger partial charge in [0.25, 0.3) is 0 Å². The summed E-state index contributed by atoms with van der Waals surface area (Å²) in [5.41, 5.74) is 5.29. The van der Waals surface area contributed by atoms with Gasteiger partial charge in [-0.05, 0) is 18.2 Å². The molecule has 0 aromatic heterocycles. The van der Waals surface area contributed by atoms with Gasteiger partial charge in [0, 0.05) is 18.6 Å². The molecule has 1 aromatic rings. The van der Waals surface area contributed by atoms with Crippen LogP contribution in [0.3, 0.4) is 0 Å². The topological polar surface area (TPSA) is 81.4 Å². The zero-order valence-corrected chi connectivity index (χ0v) is 10.8. The lowest BCUT2D eigenvalue weighted by Crippen LogP contribution is -2.31. The lowest BCUT2D eigenvalue weighted by atomic mass is 10.3. The predicted molar refractivity (Wildman–Crippen MR) is 67.0 cm³/mol. The summed E-state index contributed by atoms with van der Waals surface area (Å²) in [4.78, 5) is 11.6. The molecule has 0 aliphatic carbocycles. The minimum Gasteiger partial charge on any atom is -0.396 e. The third-order valence-electron chi connectivity index (χ3n) is 2.13. The van der Waals surface area contributed by atoms with E-state index in [-0.39, 0.29) is 22.2 Å². The Morgan fingerprint density at radius 2 is 2.28 bits per heavy atom. The third-order valence-corrected chi connectivity index (χ3v) is 3.43. The number of nitrogen functional groups attached to an aromatic ring is 1. The van der Waals surface area contributed by atoms with E-state index in [2.05, 4.69) is 5.32 Å². The lowest BCUT2D eigenvalue weighted by molar-refractivity contribution is -0.118. The van der Waals surface area contributed by atoms with Crippen LogP contribution >= 0.6 is 0 Å². The first kappa shape index (κ1) is 14.6. The number of benzene rings is 1. The highest BCUT2D eigenvalue weighted by atomic mass is 32.2. The Morgan fingerprint density at radius 1 is 1.56 bits per heavy atom. The van der Waals surface area contributed by atoms with Gasteiger partial charge in [-0.15, -0.1) is 0 Å². The first-order valence-electron chi connectivity index (χ1n) is 5.23. The number of hydrogen-bond donors (Lipinski definition) is 2. The normalized spacial score (nSPS) is 12.1. The second-order valence-corrected chi connectivity index (χ2v) is 4.97. The number of carbonyl (C=O) groups is 1. The maximum atomic E-state index is 13.1. The number of anilines is 1. The van der Waals surface area contributed by atoms with Crippen LogP contribution in [0.1, 0.15) is 0 Å². The quantitative estimate of drug-likeness (QED) is 0.576. The van der Waals surface area contributed by atoms with E-state index in [0.717, 1.165) is 6.07 Å². The molecular formula is C11H15FN2O3S. The van der Waals surface area contributed by atoms with Crippen LogP contribution in [0.25, 0.3) is 0 Å². The molecule has 1 atom stereocenters. The molecular weight excluding hydrogens is 259 g/mol. The van der Waals surface area contributed by atoms with Gasteiger partial charge in [0.1, 0.15) is 11.6 Å². The SMILES string of the molecule is COCCNC(=O)CS(=O)c1ccc(N)c(F)c1. The number of halogens is 1. The average molecular weight is 274 g/mol. The van der Waals surface area contributed by atoms with Crippen molar-refractivity contribution in [1.82, 2.24) is 5.32 Å². The summed E-state index contributed by atoms with van der Waals surface area (Å²) in [5, 5.41) is 2.53. The van der Waals surface area contributed by atoms with Gasteiger partial charge in [0.15, 0.2) is 0 Å². The van der Waals surface area contributed by atoms with Crippen molar-refractivity contribution >= 4 is 22.4 Å². The Balaban J connectivity index is 2.54. The second kappa shape index (κ2) is 7.07. The maximum Gasteiger partial charge on any atom is 0.233 e. The van der Waals surface area contributed by atoms with Crippen molar-refractivity contribution in [1.29, 1.82) is 0 Å². The fraction of sp³-hybridized carbons (Fsp3) is 0.364. The van der Waals surface area contributed by atoms with Gasteiger partial charge in [-0.25, -0.2) is 4.39 Å². The number of hydrogen-bond acceptors (Lipinski definition) is 4. The van der Waals surface area contributed by atoms with Gasteiger partial charge in [-0.1, -0.05) is 0 Å². The van der Waals surface area contributed by atoms with E-state index in [4.69, 9.17) is 10.5 Å². The summed E-state index contributed by atoms with van der Waals surface area (Å²) in [7, 11) is -0.0705. The van der Waals surface area contributed by atoms with Crippen LogP contribution in [0.2, 0.25) is 0 Å². The molecule has 0 radical (unpaired) electrons. The zero-order chi connectivity index (χ0) is 13.5. The highest BCUT2D eigenvalue weighted by molar-refractivity contribution is 7.85. The molecule has 0 fully saturated rings. The Kier molecular flexibility index (Phi) is 5.73. The number of carbonyl (C=O) groups excluding carboxylic acids is 1. The fourth-order valence-corrected chi connectivity index (χ4v) is 2.16. The van der Waals surface area contributed by atoms with E-state index in [1.807, 2.05) is 0 Å². The first-order chi connectivity index (χ1) is 8.54. The molecule has 7 heteroatoms. The highest BCUT2D eigenvalue weighted by Crippen LogP contribution is 2.14. The minimum atomic E-state index is -1.59. The van der Waals surface area contributed by atoms with Crippen LogP contribution in [0, 0.1) is 5.82 Å². The molecule has 0 saturated heterocycles. The summed E-state index contributed by atoms with van der Waals surface area (Å²) < 4.78 is 29.7. The van der Waals surface area contributed by atoms with Gasteiger partial charge in [0.05, 0.1) is 23.1 Å². The van der Waals surface area contributed by atoms with Crippen molar-refractivity contribution in [2.45, 2.75) is 4.90 Å². The minimum absolute atomic E-state index is 0.0136. The molecule has 0 bridgehead atoms. The van der Waals surface area contributed by atoms with Crippen molar-refractivity contribution in [3.05, 3.63) is 24.0 Å². The molecule has 0 saturated carbocycles. The van der Waals surface area contributed by atoms with Gasteiger partial charge < -0.3 is 15.8 Å². The van der Waals surface area contributed by atoms with Gasteiger partial charge in [0.2, 0.25) is 5.91 Å². The van der Waals surface area contributed by atoms with E-state index in [9.17, 15) is 13.4 Å². The monoisotopic (exact) mass is 274 g/mol. The molecule has 5 nitrogen and oxygen atoms in total.